The van der Waals surface area contributed by atoms with E-state index in [9.17, 15) is 18.3 Å². The Labute approximate surface area is 116 Å². The van der Waals surface area contributed by atoms with Crippen molar-refractivity contribution >= 4 is 0 Å². The fourth-order valence-corrected chi connectivity index (χ4v) is 2.58. The molecule has 1 fully saturated rings. The van der Waals surface area contributed by atoms with Crippen LogP contribution >= 0.6 is 0 Å². The van der Waals surface area contributed by atoms with Gasteiger partial charge in [0, 0.05) is 19.6 Å². The second-order valence-electron chi connectivity index (χ2n) is 5.30. The first-order valence-electron chi connectivity index (χ1n) is 6.52. The number of benzene rings is 1. The second kappa shape index (κ2) is 5.61. The molecule has 0 unspecified atom stereocenters. The summed E-state index contributed by atoms with van der Waals surface area (Å²) in [6, 6.07) is 3.64. The van der Waals surface area contributed by atoms with E-state index in [1.807, 2.05) is 13.8 Å². The van der Waals surface area contributed by atoms with Crippen molar-refractivity contribution in [3.63, 3.8) is 0 Å². The number of morpholine rings is 1. The molecule has 20 heavy (non-hydrogen) atoms. The van der Waals surface area contributed by atoms with Crippen molar-refractivity contribution in [1.82, 2.24) is 4.90 Å². The minimum absolute atomic E-state index is 0.0675. The van der Waals surface area contributed by atoms with Crippen LogP contribution in [0.3, 0.4) is 0 Å². The maximum absolute atomic E-state index is 12.7. The van der Waals surface area contributed by atoms with Crippen molar-refractivity contribution in [1.29, 1.82) is 0 Å². The van der Waals surface area contributed by atoms with Crippen LogP contribution in [0.4, 0.5) is 13.2 Å². The maximum Gasteiger partial charge on any atom is 0.419 e. The van der Waals surface area contributed by atoms with Gasteiger partial charge in [0.2, 0.25) is 0 Å². The first kappa shape index (κ1) is 15.1. The highest BCUT2D eigenvalue weighted by molar-refractivity contribution is 5.38. The predicted molar refractivity (Wildman–Crippen MR) is 68.4 cm³/mol. The molecule has 0 aromatic heterocycles. The minimum atomic E-state index is -4.54. The zero-order valence-electron chi connectivity index (χ0n) is 11.4. The van der Waals surface area contributed by atoms with E-state index in [0.717, 1.165) is 12.1 Å². The van der Waals surface area contributed by atoms with Crippen molar-refractivity contribution < 1.29 is 23.0 Å². The lowest BCUT2D eigenvalue weighted by molar-refractivity contribution is -0.138. The predicted octanol–water partition coefficient (Wildman–Crippen LogP) is 3.02. The monoisotopic (exact) mass is 289 g/mol. The standard InChI is InChI=1S/C14H18F3NO2/c1-9-6-18(7-10(2)20-9)8-11-3-4-13(19)12(5-11)14(15,16)17/h3-5,9-10,19H,6-8H2,1-2H3/t9-,10+. The number of ether oxygens (including phenoxy) is 1. The number of halogens is 3. The molecule has 1 N–H and O–H groups in total. The summed E-state index contributed by atoms with van der Waals surface area (Å²) >= 11 is 0. The molecule has 1 aromatic rings. The quantitative estimate of drug-likeness (QED) is 0.908. The SMILES string of the molecule is C[C@@H]1CN(Cc2ccc(O)c(C(F)(F)F)c2)C[C@H](C)O1. The van der Waals surface area contributed by atoms with Gasteiger partial charge in [-0.25, -0.2) is 0 Å². The van der Waals surface area contributed by atoms with Crippen LogP contribution in [-0.2, 0) is 17.5 Å². The minimum Gasteiger partial charge on any atom is -0.507 e. The molecule has 0 aliphatic carbocycles. The summed E-state index contributed by atoms with van der Waals surface area (Å²) in [6.07, 6.45) is -4.40. The van der Waals surface area contributed by atoms with Gasteiger partial charge in [0.25, 0.3) is 0 Å². The summed E-state index contributed by atoms with van der Waals surface area (Å²) < 4.78 is 43.8. The molecule has 1 heterocycles. The zero-order chi connectivity index (χ0) is 14.9. The molecule has 1 aromatic carbocycles. The van der Waals surface area contributed by atoms with E-state index in [0.29, 0.717) is 25.2 Å². The number of phenols is 1. The van der Waals surface area contributed by atoms with Gasteiger partial charge in [-0.3, -0.25) is 4.90 Å². The number of aromatic hydroxyl groups is 1. The Morgan fingerprint density at radius 2 is 1.85 bits per heavy atom. The third-order valence-electron chi connectivity index (χ3n) is 3.27. The van der Waals surface area contributed by atoms with Crippen LogP contribution < -0.4 is 0 Å². The Kier molecular flexibility index (Phi) is 4.25. The molecule has 1 aliphatic heterocycles. The van der Waals surface area contributed by atoms with Crippen molar-refractivity contribution in [2.75, 3.05) is 13.1 Å². The van der Waals surface area contributed by atoms with Crippen LogP contribution in [0.15, 0.2) is 18.2 Å². The zero-order valence-corrected chi connectivity index (χ0v) is 11.4. The lowest BCUT2D eigenvalue weighted by Gasteiger charge is -2.35. The molecular formula is C14H18F3NO2. The van der Waals surface area contributed by atoms with E-state index in [-0.39, 0.29) is 12.2 Å². The van der Waals surface area contributed by atoms with Crippen molar-refractivity contribution in [2.45, 2.75) is 38.8 Å². The second-order valence-corrected chi connectivity index (χ2v) is 5.30. The molecule has 0 saturated carbocycles. The average molecular weight is 289 g/mol. The van der Waals surface area contributed by atoms with Gasteiger partial charge in [0.1, 0.15) is 5.75 Å². The fourth-order valence-electron chi connectivity index (χ4n) is 2.58. The fraction of sp³-hybridized carbons (Fsp3) is 0.571. The Hall–Kier alpha value is -1.27. The molecule has 0 amide bonds. The molecule has 1 saturated heterocycles. The smallest absolute Gasteiger partial charge is 0.419 e. The van der Waals surface area contributed by atoms with Gasteiger partial charge in [-0.15, -0.1) is 0 Å². The van der Waals surface area contributed by atoms with Crippen molar-refractivity contribution in [3.05, 3.63) is 29.3 Å². The summed E-state index contributed by atoms with van der Waals surface area (Å²) in [6.45, 7) is 5.68. The van der Waals surface area contributed by atoms with Gasteiger partial charge >= 0.3 is 6.18 Å². The number of phenolic OH excluding ortho intramolecular Hbond substituents is 1. The molecule has 6 heteroatoms. The van der Waals surface area contributed by atoms with Crippen LogP contribution in [0.25, 0.3) is 0 Å². The van der Waals surface area contributed by atoms with E-state index in [1.165, 1.54) is 6.07 Å². The first-order chi connectivity index (χ1) is 9.25. The van der Waals surface area contributed by atoms with E-state index >= 15 is 0 Å². The summed E-state index contributed by atoms with van der Waals surface area (Å²) in [5.74, 6) is -0.732. The third-order valence-corrected chi connectivity index (χ3v) is 3.27. The first-order valence-corrected chi connectivity index (χ1v) is 6.52. The number of nitrogens with zero attached hydrogens (tertiary/aromatic N) is 1. The molecular weight excluding hydrogens is 271 g/mol. The molecule has 0 radical (unpaired) electrons. The van der Waals surface area contributed by atoms with E-state index in [2.05, 4.69) is 4.90 Å². The van der Waals surface area contributed by atoms with E-state index in [1.54, 1.807) is 0 Å². The van der Waals surface area contributed by atoms with Gasteiger partial charge in [-0.2, -0.15) is 13.2 Å². The number of hydrogen-bond donors (Lipinski definition) is 1. The van der Waals surface area contributed by atoms with Gasteiger partial charge < -0.3 is 9.84 Å². The molecule has 2 rings (SSSR count). The highest BCUT2D eigenvalue weighted by Crippen LogP contribution is 2.36. The van der Waals surface area contributed by atoms with Gasteiger partial charge in [0.15, 0.2) is 0 Å². The molecule has 2 atom stereocenters. The van der Waals surface area contributed by atoms with Crippen LogP contribution in [0, 0.1) is 0 Å². The number of alkyl halides is 3. The average Bonchev–Trinajstić information content (AvgIpc) is 2.29. The van der Waals surface area contributed by atoms with Crippen molar-refractivity contribution in [3.8, 4) is 5.75 Å². The Bertz CT molecular complexity index is 466. The summed E-state index contributed by atoms with van der Waals surface area (Å²) in [5.41, 5.74) is -0.444. The summed E-state index contributed by atoms with van der Waals surface area (Å²) in [7, 11) is 0. The van der Waals surface area contributed by atoms with Crippen molar-refractivity contribution in [2.24, 2.45) is 0 Å². The normalized spacial score (nSPS) is 24.9. The molecule has 0 spiro atoms. The van der Waals surface area contributed by atoms with Gasteiger partial charge in [-0.05, 0) is 31.5 Å². The highest BCUT2D eigenvalue weighted by atomic mass is 19.4. The molecule has 0 bridgehead atoms. The lowest BCUT2D eigenvalue weighted by Crippen LogP contribution is -2.44. The molecule has 1 aliphatic rings. The molecule has 3 nitrogen and oxygen atoms in total. The Morgan fingerprint density at radius 1 is 1.25 bits per heavy atom. The Balaban J connectivity index is 2.14. The number of hydrogen-bond acceptors (Lipinski definition) is 3. The number of rotatable bonds is 2. The third kappa shape index (κ3) is 3.64. The largest absolute Gasteiger partial charge is 0.507 e. The summed E-state index contributed by atoms with van der Waals surface area (Å²) in [4.78, 5) is 2.06. The summed E-state index contributed by atoms with van der Waals surface area (Å²) in [5, 5.41) is 9.31. The topological polar surface area (TPSA) is 32.7 Å². The maximum atomic E-state index is 12.7. The van der Waals surface area contributed by atoms with Gasteiger partial charge in [0.05, 0.1) is 17.8 Å². The van der Waals surface area contributed by atoms with E-state index in [4.69, 9.17) is 4.74 Å². The van der Waals surface area contributed by atoms with Crippen LogP contribution in [-0.4, -0.2) is 35.3 Å². The van der Waals surface area contributed by atoms with Crippen LogP contribution in [0.5, 0.6) is 5.75 Å². The van der Waals surface area contributed by atoms with E-state index < -0.39 is 17.5 Å². The molecule has 112 valence electrons. The Morgan fingerprint density at radius 3 is 2.40 bits per heavy atom. The van der Waals surface area contributed by atoms with Crippen LogP contribution in [0.1, 0.15) is 25.0 Å². The van der Waals surface area contributed by atoms with Crippen LogP contribution in [0.2, 0.25) is 0 Å². The lowest BCUT2D eigenvalue weighted by atomic mass is 10.1. The highest BCUT2D eigenvalue weighted by Gasteiger charge is 2.34. The van der Waals surface area contributed by atoms with Gasteiger partial charge in [-0.1, -0.05) is 6.07 Å².